The predicted molar refractivity (Wildman–Crippen MR) is 102 cm³/mol. The maximum Gasteiger partial charge on any atom is 0.248 e. The van der Waals surface area contributed by atoms with Crippen LogP contribution < -0.4 is 0 Å². The standard InChI is InChI=1S/C21H26N4O2/c1-15-22-17-6-2-3-7-18(17)24(15)14-19(26)25-13-5-11-21(25)10-4-12-23(20(21)27)16-8-9-16/h2-3,6-7,16H,4-5,8-14H2,1H3. The average molecular weight is 366 g/mol. The summed E-state index contributed by atoms with van der Waals surface area (Å²) in [6.07, 6.45) is 5.78. The molecule has 1 aromatic carbocycles. The fraction of sp³-hybridized carbons (Fsp3) is 0.571. The zero-order valence-electron chi connectivity index (χ0n) is 15.9. The zero-order valence-corrected chi connectivity index (χ0v) is 15.9. The van der Waals surface area contributed by atoms with Crippen LogP contribution in [0.1, 0.15) is 44.3 Å². The van der Waals surface area contributed by atoms with Gasteiger partial charge in [0.15, 0.2) is 0 Å². The van der Waals surface area contributed by atoms with Crippen LogP contribution in [0.2, 0.25) is 0 Å². The molecule has 1 atom stereocenters. The lowest BCUT2D eigenvalue weighted by atomic mass is 9.85. The van der Waals surface area contributed by atoms with Gasteiger partial charge in [0.2, 0.25) is 11.8 Å². The number of likely N-dealkylation sites (tertiary alicyclic amines) is 2. The van der Waals surface area contributed by atoms with Crippen molar-refractivity contribution in [2.24, 2.45) is 0 Å². The first-order valence-corrected chi connectivity index (χ1v) is 10.1. The summed E-state index contributed by atoms with van der Waals surface area (Å²) >= 11 is 0. The number of piperidine rings is 1. The molecule has 3 heterocycles. The summed E-state index contributed by atoms with van der Waals surface area (Å²) in [5.74, 6) is 1.09. The summed E-state index contributed by atoms with van der Waals surface area (Å²) in [7, 11) is 0. The van der Waals surface area contributed by atoms with E-state index in [1.807, 2.05) is 40.7 Å². The van der Waals surface area contributed by atoms with E-state index in [1.165, 1.54) is 0 Å². The molecule has 1 saturated carbocycles. The second-order valence-corrected chi connectivity index (χ2v) is 8.25. The van der Waals surface area contributed by atoms with E-state index in [2.05, 4.69) is 9.88 Å². The number of aryl methyl sites for hydroxylation is 1. The van der Waals surface area contributed by atoms with Gasteiger partial charge < -0.3 is 14.4 Å². The number of nitrogens with zero attached hydrogens (tertiary/aromatic N) is 4. The third kappa shape index (κ3) is 2.57. The SMILES string of the molecule is Cc1nc2ccccc2n1CC(=O)N1CCCC12CCCN(C1CC1)C2=O. The van der Waals surface area contributed by atoms with Crippen molar-refractivity contribution < 1.29 is 9.59 Å². The summed E-state index contributed by atoms with van der Waals surface area (Å²) < 4.78 is 1.98. The van der Waals surface area contributed by atoms with E-state index in [0.717, 1.165) is 61.9 Å². The largest absolute Gasteiger partial charge is 0.338 e. The minimum Gasteiger partial charge on any atom is -0.338 e. The van der Waals surface area contributed by atoms with Gasteiger partial charge in [-0.15, -0.1) is 0 Å². The molecule has 1 aliphatic carbocycles. The van der Waals surface area contributed by atoms with Crippen LogP contribution in [0.4, 0.5) is 0 Å². The minimum atomic E-state index is -0.595. The molecule has 2 amide bonds. The van der Waals surface area contributed by atoms with Gasteiger partial charge in [0.05, 0.1) is 11.0 Å². The molecule has 0 N–H and O–H groups in total. The monoisotopic (exact) mass is 366 g/mol. The van der Waals surface area contributed by atoms with Crippen LogP contribution >= 0.6 is 0 Å². The Morgan fingerprint density at radius 3 is 2.70 bits per heavy atom. The fourth-order valence-corrected chi connectivity index (χ4v) is 5.09. The van der Waals surface area contributed by atoms with Gasteiger partial charge in [-0.25, -0.2) is 4.98 Å². The quantitative estimate of drug-likeness (QED) is 0.839. The lowest BCUT2D eigenvalue weighted by Gasteiger charge is -2.44. The average Bonchev–Trinajstić information content (AvgIpc) is 3.34. The number of amides is 2. The molecule has 2 aliphatic heterocycles. The summed E-state index contributed by atoms with van der Waals surface area (Å²) in [4.78, 5) is 35.2. The van der Waals surface area contributed by atoms with Crippen molar-refractivity contribution in [3.63, 3.8) is 0 Å². The number of carbonyl (C=O) groups excluding carboxylic acids is 2. The molecule has 27 heavy (non-hydrogen) atoms. The number of hydrogen-bond donors (Lipinski definition) is 0. The number of para-hydroxylation sites is 2. The van der Waals surface area contributed by atoms with Crippen LogP contribution in [0, 0.1) is 6.92 Å². The predicted octanol–water partition coefficient (Wildman–Crippen LogP) is 2.49. The number of benzene rings is 1. The normalized spacial score (nSPS) is 25.7. The van der Waals surface area contributed by atoms with E-state index in [-0.39, 0.29) is 18.4 Å². The number of fused-ring (bicyclic) bond motifs is 1. The minimum absolute atomic E-state index is 0.0461. The molecule has 2 aromatic rings. The highest BCUT2D eigenvalue weighted by molar-refractivity contribution is 5.93. The Kier molecular flexibility index (Phi) is 3.78. The molecule has 1 aromatic heterocycles. The first-order valence-electron chi connectivity index (χ1n) is 10.1. The van der Waals surface area contributed by atoms with Gasteiger partial charge in [0.25, 0.3) is 0 Å². The van der Waals surface area contributed by atoms with Gasteiger partial charge in [-0.05, 0) is 57.6 Å². The second-order valence-electron chi connectivity index (χ2n) is 8.25. The van der Waals surface area contributed by atoms with Gasteiger partial charge in [-0.2, -0.15) is 0 Å². The maximum atomic E-state index is 13.3. The van der Waals surface area contributed by atoms with Gasteiger partial charge >= 0.3 is 0 Å². The highest BCUT2D eigenvalue weighted by atomic mass is 16.2. The van der Waals surface area contributed by atoms with Gasteiger partial charge in [-0.1, -0.05) is 12.1 Å². The summed E-state index contributed by atoms with van der Waals surface area (Å²) in [5, 5.41) is 0. The molecule has 1 spiro atoms. The highest BCUT2D eigenvalue weighted by Gasteiger charge is 2.54. The van der Waals surface area contributed by atoms with Crippen LogP contribution in [0.3, 0.4) is 0 Å². The Morgan fingerprint density at radius 2 is 1.93 bits per heavy atom. The fourth-order valence-electron chi connectivity index (χ4n) is 5.09. The third-order valence-electron chi connectivity index (χ3n) is 6.56. The molecular formula is C21H26N4O2. The Balaban J connectivity index is 1.43. The number of imidazole rings is 1. The molecule has 6 nitrogen and oxygen atoms in total. The molecule has 3 fully saturated rings. The maximum absolute atomic E-state index is 13.3. The lowest BCUT2D eigenvalue weighted by Crippen LogP contribution is -2.62. The molecule has 0 radical (unpaired) electrons. The topological polar surface area (TPSA) is 58.4 Å². The van der Waals surface area contributed by atoms with Gasteiger partial charge in [-0.3, -0.25) is 9.59 Å². The molecule has 5 rings (SSSR count). The molecule has 142 valence electrons. The smallest absolute Gasteiger partial charge is 0.248 e. The molecular weight excluding hydrogens is 340 g/mol. The Morgan fingerprint density at radius 1 is 1.19 bits per heavy atom. The first-order chi connectivity index (χ1) is 13.1. The van der Waals surface area contributed by atoms with E-state index < -0.39 is 5.54 Å². The lowest BCUT2D eigenvalue weighted by molar-refractivity contribution is -0.156. The van der Waals surface area contributed by atoms with E-state index in [0.29, 0.717) is 12.6 Å². The third-order valence-corrected chi connectivity index (χ3v) is 6.56. The number of aromatic nitrogens is 2. The van der Waals surface area contributed by atoms with Crippen molar-refractivity contribution in [3.8, 4) is 0 Å². The summed E-state index contributed by atoms with van der Waals surface area (Å²) in [5.41, 5.74) is 1.29. The van der Waals surface area contributed by atoms with Crippen LogP contribution in [0.25, 0.3) is 11.0 Å². The number of hydrogen-bond acceptors (Lipinski definition) is 3. The molecule has 3 aliphatic rings. The first kappa shape index (κ1) is 16.8. The second kappa shape index (κ2) is 6.08. The van der Waals surface area contributed by atoms with E-state index in [4.69, 9.17) is 0 Å². The Bertz CT molecular complexity index is 916. The van der Waals surface area contributed by atoms with Crippen molar-refractivity contribution in [3.05, 3.63) is 30.1 Å². The van der Waals surface area contributed by atoms with Crippen molar-refractivity contribution >= 4 is 22.8 Å². The Hall–Kier alpha value is -2.37. The highest BCUT2D eigenvalue weighted by Crippen LogP contribution is 2.42. The van der Waals surface area contributed by atoms with Crippen molar-refractivity contribution in [1.29, 1.82) is 0 Å². The van der Waals surface area contributed by atoms with Crippen molar-refractivity contribution in [2.45, 2.75) is 63.6 Å². The Labute approximate surface area is 159 Å². The van der Waals surface area contributed by atoms with Crippen molar-refractivity contribution in [1.82, 2.24) is 19.4 Å². The van der Waals surface area contributed by atoms with Crippen LogP contribution in [0.5, 0.6) is 0 Å². The molecule has 1 unspecified atom stereocenters. The van der Waals surface area contributed by atoms with Crippen LogP contribution in [-0.4, -0.2) is 55.8 Å². The zero-order chi connectivity index (χ0) is 18.6. The van der Waals surface area contributed by atoms with E-state index in [9.17, 15) is 9.59 Å². The van der Waals surface area contributed by atoms with E-state index >= 15 is 0 Å². The van der Waals surface area contributed by atoms with E-state index in [1.54, 1.807) is 0 Å². The number of rotatable bonds is 3. The van der Waals surface area contributed by atoms with Gasteiger partial charge in [0, 0.05) is 19.1 Å². The molecule has 0 bridgehead atoms. The molecule has 2 saturated heterocycles. The van der Waals surface area contributed by atoms with Crippen LogP contribution in [-0.2, 0) is 16.1 Å². The summed E-state index contributed by atoms with van der Waals surface area (Å²) in [6, 6.07) is 8.33. The number of carbonyl (C=O) groups is 2. The van der Waals surface area contributed by atoms with Gasteiger partial charge in [0.1, 0.15) is 17.9 Å². The summed E-state index contributed by atoms with van der Waals surface area (Å²) in [6.45, 7) is 3.74. The van der Waals surface area contributed by atoms with Crippen LogP contribution in [0.15, 0.2) is 24.3 Å². The molecule has 6 heteroatoms. The van der Waals surface area contributed by atoms with Crippen molar-refractivity contribution in [2.75, 3.05) is 13.1 Å².